The average molecular weight is 406 g/mol. The Morgan fingerprint density at radius 1 is 1.00 bits per heavy atom. The van der Waals surface area contributed by atoms with Gasteiger partial charge in [-0.25, -0.2) is 4.68 Å². The summed E-state index contributed by atoms with van der Waals surface area (Å²) < 4.78 is 6.04. The van der Waals surface area contributed by atoms with Crippen molar-refractivity contribution in [2.45, 2.75) is 20.4 Å². The van der Waals surface area contributed by atoms with Gasteiger partial charge in [-0.1, -0.05) is 12.1 Å². The van der Waals surface area contributed by atoms with E-state index in [1.165, 1.54) is 12.1 Å². The highest BCUT2D eigenvalue weighted by molar-refractivity contribution is 6.02. The number of benzene rings is 2. The first-order valence-electron chi connectivity index (χ1n) is 9.27. The number of carbonyl (C=O) groups excluding carboxylic acids is 2. The average Bonchev–Trinajstić information content (AvgIpc) is 2.73. The fourth-order valence-corrected chi connectivity index (χ4v) is 2.77. The van der Waals surface area contributed by atoms with Crippen LogP contribution in [0.15, 0.2) is 59.4 Å². The van der Waals surface area contributed by atoms with Gasteiger partial charge in [-0.15, -0.1) is 0 Å². The quantitative estimate of drug-likeness (QED) is 0.655. The zero-order valence-electron chi connectivity index (χ0n) is 16.9. The largest absolute Gasteiger partial charge is 0.497 e. The molecule has 0 saturated heterocycles. The van der Waals surface area contributed by atoms with Crippen LogP contribution < -0.4 is 20.9 Å². The fraction of sp³-hybridized carbons (Fsp3) is 0.182. The van der Waals surface area contributed by atoms with Crippen molar-refractivity contribution >= 4 is 23.2 Å². The van der Waals surface area contributed by atoms with E-state index < -0.39 is 17.4 Å². The third kappa shape index (κ3) is 4.91. The van der Waals surface area contributed by atoms with Crippen LogP contribution in [0.1, 0.15) is 21.6 Å². The van der Waals surface area contributed by atoms with Gasteiger partial charge in [0.05, 0.1) is 7.11 Å². The van der Waals surface area contributed by atoms with Crippen molar-refractivity contribution in [3.8, 4) is 5.75 Å². The number of aryl methyl sites for hydroxylation is 1. The molecule has 1 aromatic heterocycles. The van der Waals surface area contributed by atoms with Crippen molar-refractivity contribution < 1.29 is 14.3 Å². The molecular formula is C22H22N4O4. The number of hydrogen-bond acceptors (Lipinski definition) is 5. The van der Waals surface area contributed by atoms with Gasteiger partial charge in [0.1, 0.15) is 18.0 Å². The number of anilines is 2. The first kappa shape index (κ1) is 20.8. The van der Waals surface area contributed by atoms with Gasteiger partial charge in [-0.05, 0) is 61.4 Å². The van der Waals surface area contributed by atoms with Gasteiger partial charge in [0.2, 0.25) is 5.91 Å². The van der Waals surface area contributed by atoms with Crippen molar-refractivity contribution in [1.82, 2.24) is 9.78 Å². The summed E-state index contributed by atoms with van der Waals surface area (Å²) >= 11 is 0. The molecule has 154 valence electrons. The normalized spacial score (nSPS) is 10.4. The molecule has 0 atom stereocenters. The summed E-state index contributed by atoms with van der Waals surface area (Å²) in [6, 6.07) is 14.9. The van der Waals surface area contributed by atoms with E-state index in [4.69, 9.17) is 4.74 Å². The first-order chi connectivity index (χ1) is 14.4. The predicted octanol–water partition coefficient (Wildman–Crippen LogP) is 2.76. The SMILES string of the molecule is COc1ccc(NC(=O)c2ccc(=O)n(CC(=O)Nc3cccc(C)c3C)n2)cc1. The van der Waals surface area contributed by atoms with E-state index in [1.807, 2.05) is 26.0 Å². The molecular weight excluding hydrogens is 384 g/mol. The number of nitrogens with zero attached hydrogens (tertiary/aromatic N) is 2. The summed E-state index contributed by atoms with van der Waals surface area (Å²) in [7, 11) is 1.55. The molecule has 0 bridgehead atoms. The van der Waals surface area contributed by atoms with Crippen molar-refractivity contribution in [2.75, 3.05) is 17.7 Å². The van der Waals surface area contributed by atoms with Crippen LogP contribution in [0.2, 0.25) is 0 Å². The van der Waals surface area contributed by atoms with E-state index in [9.17, 15) is 14.4 Å². The molecule has 30 heavy (non-hydrogen) atoms. The number of amides is 2. The van der Waals surface area contributed by atoms with Crippen molar-refractivity contribution in [3.05, 3.63) is 81.8 Å². The van der Waals surface area contributed by atoms with Gasteiger partial charge < -0.3 is 15.4 Å². The van der Waals surface area contributed by atoms with Gasteiger partial charge in [0.15, 0.2) is 0 Å². The Morgan fingerprint density at radius 2 is 1.73 bits per heavy atom. The molecule has 1 heterocycles. The van der Waals surface area contributed by atoms with Gasteiger partial charge in [-0.2, -0.15) is 5.10 Å². The van der Waals surface area contributed by atoms with Crippen LogP contribution in [-0.2, 0) is 11.3 Å². The highest BCUT2D eigenvalue weighted by Crippen LogP contribution is 2.18. The molecule has 0 aliphatic rings. The number of carbonyl (C=O) groups is 2. The zero-order valence-corrected chi connectivity index (χ0v) is 16.9. The Labute approximate surface area is 173 Å². The molecule has 8 nitrogen and oxygen atoms in total. The molecule has 0 radical (unpaired) electrons. The molecule has 8 heteroatoms. The minimum Gasteiger partial charge on any atom is -0.497 e. The molecule has 2 aromatic carbocycles. The summed E-state index contributed by atoms with van der Waals surface area (Å²) in [5.41, 5.74) is 2.74. The molecule has 0 unspecified atom stereocenters. The second kappa shape index (κ2) is 9.04. The maximum Gasteiger partial charge on any atom is 0.276 e. The molecule has 0 aliphatic heterocycles. The Kier molecular flexibility index (Phi) is 6.26. The Balaban J connectivity index is 1.72. The lowest BCUT2D eigenvalue weighted by Gasteiger charge is -2.11. The lowest BCUT2D eigenvalue weighted by molar-refractivity contribution is -0.117. The van der Waals surface area contributed by atoms with Crippen LogP contribution in [0.3, 0.4) is 0 Å². The smallest absolute Gasteiger partial charge is 0.276 e. The number of rotatable bonds is 6. The fourth-order valence-electron chi connectivity index (χ4n) is 2.77. The summed E-state index contributed by atoms with van der Waals surface area (Å²) in [5.74, 6) is -0.246. The van der Waals surface area contributed by atoms with Crippen LogP contribution in [0, 0.1) is 13.8 Å². The van der Waals surface area contributed by atoms with Crippen LogP contribution in [0.25, 0.3) is 0 Å². The predicted molar refractivity (Wildman–Crippen MR) is 114 cm³/mol. The number of aromatic nitrogens is 2. The molecule has 0 fully saturated rings. The standard InChI is InChI=1S/C22H22N4O4/c1-14-5-4-6-18(15(14)2)24-20(27)13-26-21(28)12-11-19(25-26)22(29)23-16-7-9-17(30-3)10-8-16/h4-12H,13H2,1-3H3,(H,23,29)(H,24,27). The highest BCUT2D eigenvalue weighted by Gasteiger charge is 2.13. The second-order valence-electron chi connectivity index (χ2n) is 6.69. The second-order valence-corrected chi connectivity index (χ2v) is 6.69. The molecule has 3 aromatic rings. The number of methoxy groups -OCH3 is 1. The van der Waals surface area contributed by atoms with Crippen molar-refractivity contribution in [3.63, 3.8) is 0 Å². The van der Waals surface area contributed by atoms with Crippen LogP contribution in [0.4, 0.5) is 11.4 Å². The van der Waals surface area contributed by atoms with Gasteiger partial charge in [0.25, 0.3) is 11.5 Å². The molecule has 2 amide bonds. The Bertz CT molecular complexity index is 1140. The monoisotopic (exact) mass is 406 g/mol. The van der Waals surface area contributed by atoms with Gasteiger partial charge in [0, 0.05) is 17.4 Å². The minimum atomic E-state index is -0.496. The molecule has 0 saturated carbocycles. The van der Waals surface area contributed by atoms with Crippen LogP contribution in [-0.4, -0.2) is 28.7 Å². The lowest BCUT2D eigenvalue weighted by atomic mass is 10.1. The van der Waals surface area contributed by atoms with Crippen molar-refractivity contribution in [1.29, 1.82) is 0 Å². The van der Waals surface area contributed by atoms with Crippen molar-refractivity contribution in [2.24, 2.45) is 0 Å². The van der Waals surface area contributed by atoms with E-state index in [-0.39, 0.29) is 12.2 Å². The van der Waals surface area contributed by atoms with Gasteiger partial charge >= 0.3 is 0 Å². The number of hydrogen-bond donors (Lipinski definition) is 2. The third-order valence-electron chi connectivity index (χ3n) is 4.62. The maximum atomic E-state index is 12.5. The zero-order chi connectivity index (χ0) is 21.7. The van der Waals surface area contributed by atoms with E-state index in [2.05, 4.69) is 15.7 Å². The van der Waals surface area contributed by atoms with E-state index in [1.54, 1.807) is 37.4 Å². The third-order valence-corrected chi connectivity index (χ3v) is 4.62. The number of ether oxygens (including phenoxy) is 1. The molecule has 2 N–H and O–H groups in total. The molecule has 0 spiro atoms. The summed E-state index contributed by atoms with van der Waals surface area (Å²) in [4.78, 5) is 37.0. The number of nitrogens with one attached hydrogen (secondary N) is 2. The highest BCUT2D eigenvalue weighted by atomic mass is 16.5. The van der Waals surface area contributed by atoms with Crippen LogP contribution >= 0.6 is 0 Å². The first-order valence-corrected chi connectivity index (χ1v) is 9.27. The van der Waals surface area contributed by atoms with E-state index in [0.29, 0.717) is 17.1 Å². The van der Waals surface area contributed by atoms with Gasteiger partial charge in [-0.3, -0.25) is 14.4 Å². The summed E-state index contributed by atoms with van der Waals surface area (Å²) in [6.07, 6.45) is 0. The topological polar surface area (TPSA) is 102 Å². The Hall–Kier alpha value is -3.94. The lowest BCUT2D eigenvalue weighted by Crippen LogP contribution is -2.31. The summed E-state index contributed by atoms with van der Waals surface area (Å²) in [6.45, 7) is 3.54. The minimum absolute atomic E-state index is 0.0185. The van der Waals surface area contributed by atoms with Crippen LogP contribution in [0.5, 0.6) is 5.75 Å². The maximum absolute atomic E-state index is 12.5. The Morgan fingerprint density at radius 3 is 2.43 bits per heavy atom. The van der Waals surface area contributed by atoms with E-state index in [0.717, 1.165) is 15.8 Å². The summed E-state index contributed by atoms with van der Waals surface area (Å²) in [5, 5.41) is 9.50. The molecule has 3 rings (SSSR count). The van der Waals surface area contributed by atoms with E-state index >= 15 is 0 Å². The molecule has 0 aliphatic carbocycles.